The molecule has 5 heteroatoms. The van der Waals surface area contributed by atoms with E-state index >= 15 is 0 Å². The van der Waals surface area contributed by atoms with E-state index in [4.69, 9.17) is 16.6 Å². The highest BCUT2D eigenvalue weighted by atomic mass is 79.9. The summed E-state index contributed by atoms with van der Waals surface area (Å²) in [4.78, 5) is 9.32. The summed E-state index contributed by atoms with van der Waals surface area (Å²) < 4.78 is 3.26. The molecule has 1 atom stereocenters. The lowest BCUT2D eigenvalue weighted by Gasteiger charge is -2.30. The number of hydrogen-bond acceptors (Lipinski definition) is 2. The molecule has 0 amide bonds. The van der Waals surface area contributed by atoms with Crippen molar-refractivity contribution in [2.24, 2.45) is 5.92 Å². The van der Waals surface area contributed by atoms with Gasteiger partial charge in [-0.15, -0.1) is 11.6 Å². The van der Waals surface area contributed by atoms with Crippen LogP contribution in [0.25, 0.3) is 11.2 Å². The number of aromatic nitrogens is 3. The van der Waals surface area contributed by atoms with Crippen LogP contribution in [-0.4, -0.2) is 14.5 Å². The van der Waals surface area contributed by atoms with Crippen LogP contribution in [0.5, 0.6) is 0 Å². The van der Waals surface area contributed by atoms with Crippen LogP contribution in [0.4, 0.5) is 0 Å². The fraction of sp³-hybridized carbons (Fsp3) is 0.625. The summed E-state index contributed by atoms with van der Waals surface area (Å²) in [5.74, 6) is 1.84. The van der Waals surface area contributed by atoms with Gasteiger partial charge in [0.2, 0.25) is 0 Å². The van der Waals surface area contributed by atoms with Gasteiger partial charge in [-0.1, -0.05) is 13.3 Å². The van der Waals surface area contributed by atoms with Gasteiger partial charge in [0.15, 0.2) is 5.65 Å². The van der Waals surface area contributed by atoms with Crippen LogP contribution in [0.1, 0.15) is 63.2 Å². The molecular formula is C16H21BrClN3. The van der Waals surface area contributed by atoms with Gasteiger partial charge in [-0.05, 0) is 60.5 Å². The van der Waals surface area contributed by atoms with Gasteiger partial charge in [0.05, 0.1) is 5.38 Å². The average Bonchev–Trinajstić information content (AvgIpc) is 2.86. The van der Waals surface area contributed by atoms with Crippen LogP contribution < -0.4 is 0 Å². The third kappa shape index (κ3) is 2.98. The van der Waals surface area contributed by atoms with E-state index in [-0.39, 0.29) is 5.38 Å². The number of nitrogens with zero attached hydrogens (tertiary/aromatic N) is 3. The van der Waals surface area contributed by atoms with Crippen molar-refractivity contribution in [3.05, 3.63) is 22.6 Å². The summed E-state index contributed by atoms with van der Waals surface area (Å²) in [6.45, 7) is 4.29. The molecule has 3 rings (SSSR count). The van der Waals surface area contributed by atoms with Crippen molar-refractivity contribution in [1.29, 1.82) is 0 Å². The number of imidazole rings is 1. The maximum atomic E-state index is 6.37. The largest absolute Gasteiger partial charge is 0.308 e. The molecule has 0 radical (unpaired) electrons. The maximum Gasteiger partial charge on any atom is 0.160 e. The molecule has 0 aromatic carbocycles. The first kappa shape index (κ1) is 15.3. The minimum Gasteiger partial charge on any atom is -0.308 e. The fourth-order valence-electron chi connectivity index (χ4n) is 3.43. The summed E-state index contributed by atoms with van der Waals surface area (Å²) in [5, 5.41) is -0.0955. The molecule has 114 valence electrons. The normalized spacial score (nSPS) is 24.4. The predicted molar refractivity (Wildman–Crippen MR) is 90.8 cm³/mol. The molecule has 3 nitrogen and oxygen atoms in total. The second-order valence-corrected chi connectivity index (χ2v) is 7.61. The Labute approximate surface area is 139 Å². The summed E-state index contributed by atoms with van der Waals surface area (Å²) in [5.41, 5.74) is 1.91. The van der Waals surface area contributed by atoms with Crippen molar-refractivity contribution in [2.75, 3.05) is 0 Å². The molecule has 1 unspecified atom stereocenters. The molecule has 0 bridgehead atoms. The van der Waals surface area contributed by atoms with Gasteiger partial charge in [-0.2, -0.15) is 0 Å². The summed E-state index contributed by atoms with van der Waals surface area (Å²) >= 11 is 9.84. The molecule has 0 saturated heterocycles. The molecule has 1 aliphatic carbocycles. The quantitative estimate of drug-likeness (QED) is 0.655. The van der Waals surface area contributed by atoms with E-state index in [9.17, 15) is 0 Å². The molecule has 0 N–H and O–H groups in total. The molecule has 0 spiro atoms. The van der Waals surface area contributed by atoms with Crippen molar-refractivity contribution in [2.45, 2.75) is 57.4 Å². The minimum absolute atomic E-state index is 0.0955. The van der Waals surface area contributed by atoms with Gasteiger partial charge in [0.1, 0.15) is 11.3 Å². The SMILES string of the molecule is CCC1CCC(n2c(C(C)Cl)nc3cc(Br)cnc32)CC1. The maximum absolute atomic E-state index is 6.37. The number of alkyl halides is 1. The fourth-order valence-corrected chi connectivity index (χ4v) is 3.90. The van der Waals surface area contributed by atoms with E-state index in [1.54, 1.807) is 0 Å². The Balaban J connectivity index is 2.02. The van der Waals surface area contributed by atoms with Gasteiger partial charge in [0.25, 0.3) is 0 Å². The van der Waals surface area contributed by atoms with E-state index in [1.165, 1.54) is 32.1 Å². The lowest BCUT2D eigenvalue weighted by atomic mass is 9.84. The van der Waals surface area contributed by atoms with Crippen LogP contribution in [0.3, 0.4) is 0 Å². The highest BCUT2D eigenvalue weighted by molar-refractivity contribution is 9.10. The molecule has 0 aliphatic heterocycles. The van der Waals surface area contributed by atoms with E-state index in [0.29, 0.717) is 6.04 Å². The van der Waals surface area contributed by atoms with E-state index in [2.05, 4.69) is 32.4 Å². The summed E-state index contributed by atoms with van der Waals surface area (Å²) in [7, 11) is 0. The van der Waals surface area contributed by atoms with Crippen molar-refractivity contribution < 1.29 is 0 Å². The standard InChI is InChI=1S/C16H21BrClN3/c1-3-11-4-6-13(7-5-11)21-15(10(2)18)20-14-8-12(17)9-19-16(14)21/h8-11,13H,3-7H2,1-2H3. The Bertz CT molecular complexity index is 630. The van der Waals surface area contributed by atoms with Crippen LogP contribution >= 0.6 is 27.5 Å². The molecule has 1 aliphatic rings. The Morgan fingerprint density at radius 2 is 2.10 bits per heavy atom. The number of fused-ring (bicyclic) bond motifs is 1. The first-order valence-electron chi connectivity index (χ1n) is 7.77. The second-order valence-electron chi connectivity index (χ2n) is 6.04. The van der Waals surface area contributed by atoms with Gasteiger partial charge < -0.3 is 4.57 Å². The number of halogens is 2. The van der Waals surface area contributed by atoms with E-state index in [0.717, 1.165) is 27.4 Å². The van der Waals surface area contributed by atoms with Crippen molar-refractivity contribution in [3.8, 4) is 0 Å². The van der Waals surface area contributed by atoms with Crippen molar-refractivity contribution in [1.82, 2.24) is 14.5 Å². The number of hydrogen-bond donors (Lipinski definition) is 0. The Hall–Kier alpha value is -0.610. The third-order valence-corrected chi connectivity index (χ3v) is 5.27. The van der Waals surface area contributed by atoms with Crippen molar-refractivity contribution >= 4 is 38.7 Å². The van der Waals surface area contributed by atoms with Crippen LogP contribution in [0, 0.1) is 5.92 Å². The highest BCUT2D eigenvalue weighted by Gasteiger charge is 2.26. The Morgan fingerprint density at radius 1 is 1.38 bits per heavy atom. The van der Waals surface area contributed by atoms with E-state index in [1.807, 2.05) is 19.2 Å². The molecule has 21 heavy (non-hydrogen) atoms. The van der Waals surface area contributed by atoms with Crippen LogP contribution in [0.2, 0.25) is 0 Å². The zero-order chi connectivity index (χ0) is 15.0. The Kier molecular flexibility index (Phi) is 4.55. The second kappa shape index (κ2) is 6.25. The smallest absolute Gasteiger partial charge is 0.160 e. The lowest BCUT2D eigenvalue weighted by molar-refractivity contribution is 0.269. The molecule has 2 heterocycles. The number of pyridine rings is 1. The topological polar surface area (TPSA) is 30.7 Å². The summed E-state index contributed by atoms with van der Waals surface area (Å²) in [6, 6.07) is 2.52. The molecule has 1 fully saturated rings. The third-order valence-electron chi connectivity index (χ3n) is 4.64. The average molecular weight is 371 g/mol. The van der Waals surface area contributed by atoms with Gasteiger partial charge in [-0.3, -0.25) is 0 Å². The van der Waals surface area contributed by atoms with Crippen molar-refractivity contribution in [3.63, 3.8) is 0 Å². The van der Waals surface area contributed by atoms with Gasteiger partial charge >= 0.3 is 0 Å². The zero-order valence-corrected chi connectivity index (χ0v) is 14.9. The first-order chi connectivity index (χ1) is 10.1. The Morgan fingerprint density at radius 3 is 2.71 bits per heavy atom. The minimum atomic E-state index is -0.0955. The van der Waals surface area contributed by atoms with Crippen LogP contribution in [0.15, 0.2) is 16.7 Å². The van der Waals surface area contributed by atoms with Crippen LogP contribution in [-0.2, 0) is 0 Å². The predicted octanol–water partition coefficient (Wildman–Crippen LogP) is 5.63. The molecule has 2 aromatic heterocycles. The number of rotatable bonds is 3. The molecule has 2 aromatic rings. The molecule has 1 saturated carbocycles. The summed E-state index contributed by atoms with van der Waals surface area (Å²) in [6.07, 6.45) is 8.15. The molecular weight excluding hydrogens is 350 g/mol. The first-order valence-corrected chi connectivity index (χ1v) is 9.00. The monoisotopic (exact) mass is 369 g/mol. The van der Waals surface area contributed by atoms with Gasteiger partial charge in [0, 0.05) is 16.7 Å². The zero-order valence-electron chi connectivity index (χ0n) is 12.5. The van der Waals surface area contributed by atoms with E-state index < -0.39 is 0 Å². The highest BCUT2D eigenvalue weighted by Crippen LogP contribution is 2.38. The van der Waals surface area contributed by atoms with Gasteiger partial charge in [-0.25, -0.2) is 9.97 Å². The lowest BCUT2D eigenvalue weighted by Crippen LogP contribution is -2.20.